The summed E-state index contributed by atoms with van der Waals surface area (Å²) in [6.07, 6.45) is -0.726. The van der Waals surface area contributed by atoms with Gasteiger partial charge in [0.15, 0.2) is 0 Å². The van der Waals surface area contributed by atoms with Gasteiger partial charge in [0.1, 0.15) is 5.60 Å². The van der Waals surface area contributed by atoms with E-state index in [0.717, 1.165) is 10.1 Å². The molecular weight excluding hydrogens is 360 g/mol. The molecule has 3 rings (SSSR count). The molecule has 7 nitrogen and oxygen atoms in total. The molecule has 0 radical (unpaired) electrons. The van der Waals surface area contributed by atoms with Gasteiger partial charge < -0.3 is 9.47 Å². The summed E-state index contributed by atoms with van der Waals surface area (Å²) in [6, 6.07) is 13.8. The molecule has 0 aliphatic heterocycles. The van der Waals surface area contributed by atoms with Gasteiger partial charge in [0.05, 0.1) is 30.3 Å². The van der Waals surface area contributed by atoms with Gasteiger partial charge in [-0.2, -0.15) is 4.57 Å². The van der Waals surface area contributed by atoms with Gasteiger partial charge in [-0.25, -0.2) is 14.4 Å². The number of nitrogens with zero attached hydrogens (tertiary/aromatic N) is 2. The van der Waals surface area contributed by atoms with Crippen LogP contribution in [0.4, 0.5) is 4.79 Å². The second-order valence-corrected chi connectivity index (χ2v) is 7.37. The van der Waals surface area contributed by atoms with Gasteiger partial charge >= 0.3 is 17.8 Å². The highest BCUT2D eigenvalue weighted by molar-refractivity contribution is 5.89. The van der Waals surface area contributed by atoms with Crippen molar-refractivity contribution in [2.24, 2.45) is 0 Å². The number of hydrogen-bond acceptors (Lipinski definition) is 5. The van der Waals surface area contributed by atoms with E-state index in [1.807, 2.05) is 0 Å². The van der Waals surface area contributed by atoms with Gasteiger partial charge in [0.25, 0.3) is 0 Å². The summed E-state index contributed by atoms with van der Waals surface area (Å²) in [4.78, 5) is 37.4. The fraction of sp³-hybridized carbons (Fsp3) is 0.286. The molecule has 0 spiro atoms. The lowest BCUT2D eigenvalue weighted by atomic mass is 10.1. The number of para-hydroxylation sites is 2. The van der Waals surface area contributed by atoms with Crippen LogP contribution in [0.3, 0.4) is 0 Å². The van der Waals surface area contributed by atoms with E-state index in [2.05, 4.69) is 0 Å². The van der Waals surface area contributed by atoms with Crippen LogP contribution in [0.1, 0.15) is 36.7 Å². The molecule has 2 aromatic carbocycles. The third-order valence-electron chi connectivity index (χ3n) is 4.10. The minimum absolute atomic E-state index is 0.194. The number of carbonyl (C=O) groups excluding carboxylic acids is 2. The fourth-order valence-electron chi connectivity index (χ4n) is 2.94. The van der Waals surface area contributed by atoms with Crippen molar-refractivity contribution < 1.29 is 19.1 Å². The number of aromatic nitrogens is 2. The van der Waals surface area contributed by atoms with Crippen molar-refractivity contribution in [3.8, 4) is 0 Å². The Morgan fingerprint density at radius 3 is 2.32 bits per heavy atom. The monoisotopic (exact) mass is 382 g/mol. The van der Waals surface area contributed by atoms with E-state index in [9.17, 15) is 14.4 Å². The van der Waals surface area contributed by atoms with Crippen LogP contribution in [0.2, 0.25) is 0 Å². The molecule has 0 aliphatic carbocycles. The number of benzene rings is 2. The molecule has 0 saturated heterocycles. The summed E-state index contributed by atoms with van der Waals surface area (Å²) in [5.74, 6) is -0.453. The largest absolute Gasteiger partial charge is 0.465 e. The van der Waals surface area contributed by atoms with Crippen molar-refractivity contribution >= 4 is 23.1 Å². The first kappa shape index (κ1) is 19.4. The average Bonchev–Trinajstić information content (AvgIpc) is 2.92. The van der Waals surface area contributed by atoms with Crippen LogP contribution >= 0.6 is 0 Å². The molecule has 1 aromatic heterocycles. The molecular formula is C21H22N2O5. The lowest BCUT2D eigenvalue weighted by molar-refractivity contribution is 0.0535. The Hall–Kier alpha value is -3.35. The highest BCUT2D eigenvalue weighted by Crippen LogP contribution is 2.17. The Labute approximate surface area is 162 Å². The van der Waals surface area contributed by atoms with Crippen molar-refractivity contribution in [1.29, 1.82) is 0 Å². The van der Waals surface area contributed by atoms with E-state index >= 15 is 0 Å². The third-order valence-corrected chi connectivity index (χ3v) is 4.10. The Kier molecular flexibility index (Phi) is 5.09. The van der Waals surface area contributed by atoms with E-state index in [1.54, 1.807) is 69.3 Å². The van der Waals surface area contributed by atoms with Crippen LogP contribution in [-0.4, -0.2) is 33.9 Å². The molecule has 3 aromatic rings. The van der Waals surface area contributed by atoms with Crippen molar-refractivity contribution in [3.63, 3.8) is 0 Å². The normalized spacial score (nSPS) is 11.4. The standard InChI is InChI=1S/C21H22N2O5/c1-21(2,3)28-20(26)23-17-11-6-5-10-16(17)22(19(23)25)13-14-8-7-9-15(12-14)18(24)27-4/h5-12H,13H2,1-4H3. The number of methoxy groups -OCH3 is 1. The van der Waals surface area contributed by atoms with Gasteiger partial charge in [-0.3, -0.25) is 4.57 Å². The summed E-state index contributed by atoms with van der Waals surface area (Å²) < 4.78 is 12.6. The summed E-state index contributed by atoms with van der Waals surface area (Å²) in [5.41, 5.74) is 0.960. The Morgan fingerprint density at radius 2 is 1.68 bits per heavy atom. The zero-order valence-corrected chi connectivity index (χ0v) is 16.3. The Morgan fingerprint density at radius 1 is 1.00 bits per heavy atom. The Bertz CT molecular complexity index is 1100. The molecule has 1 heterocycles. The molecule has 0 atom stereocenters. The van der Waals surface area contributed by atoms with Crippen molar-refractivity contribution in [2.75, 3.05) is 7.11 Å². The molecule has 0 bridgehead atoms. The number of imidazole rings is 1. The minimum Gasteiger partial charge on any atom is -0.465 e. The highest BCUT2D eigenvalue weighted by Gasteiger charge is 2.24. The number of ether oxygens (including phenoxy) is 2. The third kappa shape index (κ3) is 3.83. The maximum absolute atomic E-state index is 13.0. The van der Waals surface area contributed by atoms with Crippen LogP contribution in [0.25, 0.3) is 11.0 Å². The minimum atomic E-state index is -0.728. The van der Waals surface area contributed by atoms with Crippen molar-refractivity contribution in [1.82, 2.24) is 9.13 Å². The summed E-state index contributed by atoms with van der Waals surface area (Å²) in [7, 11) is 1.31. The highest BCUT2D eigenvalue weighted by atomic mass is 16.6. The fourth-order valence-corrected chi connectivity index (χ4v) is 2.94. The second-order valence-electron chi connectivity index (χ2n) is 7.37. The van der Waals surface area contributed by atoms with Crippen LogP contribution in [0.15, 0.2) is 53.3 Å². The van der Waals surface area contributed by atoms with Gasteiger partial charge in [0, 0.05) is 0 Å². The molecule has 0 aliphatic rings. The van der Waals surface area contributed by atoms with Crippen LogP contribution in [0, 0.1) is 0 Å². The predicted molar refractivity (Wildman–Crippen MR) is 105 cm³/mol. The quantitative estimate of drug-likeness (QED) is 0.649. The van der Waals surface area contributed by atoms with E-state index in [-0.39, 0.29) is 6.54 Å². The van der Waals surface area contributed by atoms with Crippen molar-refractivity contribution in [3.05, 3.63) is 70.1 Å². The van der Waals surface area contributed by atoms with Gasteiger partial charge in [-0.05, 0) is 50.6 Å². The number of esters is 1. The Balaban J connectivity index is 2.08. The number of carbonyl (C=O) groups is 2. The summed E-state index contributed by atoms with van der Waals surface area (Å²) >= 11 is 0. The lowest BCUT2D eigenvalue weighted by Crippen LogP contribution is -2.34. The molecule has 0 fully saturated rings. The smallest absolute Gasteiger partial charge is 0.423 e. The van der Waals surface area contributed by atoms with E-state index in [1.165, 1.54) is 11.7 Å². The van der Waals surface area contributed by atoms with E-state index in [0.29, 0.717) is 16.6 Å². The van der Waals surface area contributed by atoms with E-state index < -0.39 is 23.4 Å². The first-order valence-electron chi connectivity index (χ1n) is 8.82. The number of rotatable bonds is 3. The number of fused-ring (bicyclic) bond motifs is 1. The second kappa shape index (κ2) is 7.34. The van der Waals surface area contributed by atoms with Crippen LogP contribution in [-0.2, 0) is 16.0 Å². The van der Waals surface area contributed by atoms with Gasteiger partial charge in [-0.1, -0.05) is 24.3 Å². The van der Waals surface area contributed by atoms with Crippen LogP contribution in [0.5, 0.6) is 0 Å². The van der Waals surface area contributed by atoms with Gasteiger partial charge in [0.2, 0.25) is 0 Å². The van der Waals surface area contributed by atoms with E-state index in [4.69, 9.17) is 9.47 Å². The molecule has 0 amide bonds. The van der Waals surface area contributed by atoms with Crippen LogP contribution < -0.4 is 5.69 Å². The molecule has 0 N–H and O–H groups in total. The molecule has 146 valence electrons. The maximum Gasteiger partial charge on any atom is 0.423 e. The topological polar surface area (TPSA) is 79.5 Å². The zero-order chi connectivity index (χ0) is 20.5. The number of hydrogen-bond donors (Lipinski definition) is 0. The molecule has 28 heavy (non-hydrogen) atoms. The predicted octanol–water partition coefficient (Wildman–Crippen LogP) is 3.42. The first-order chi connectivity index (χ1) is 13.2. The molecule has 0 saturated carbocycles. The first-order valence-corrected chi connectivity index (χ1v) is 8.82. The zero-order valence-electron chi connectivity index (χ0n) is 16.3. The lowest BCUT2D eigenvalue weighted by Gasteiger charge is -2.19. The van der Waals surface area contributed by atoms with Gasteiger partial charge in [-0.15, -0.1) is 0 Å². The average molecular weight is 382 g/mol. The molecule has 0 unspecified atom stereocenters. The maximum atomic E-state index is 13.0. The molecule has 7 heteroatoms. The SMILES string of the molecule is COC(=O)c1cccc(Cn2c(=O)n(C(=O)OC(C)(C)C)c3ccccc32)c1. The summed E-state index contributed by atoms with van der Waals surface area (Å²) in [6.45, 7) is 5.42. The summed E-state index contributed by atoms with van der Waals surface area (Å²) in [5, 5.41) is 0. The van der Waals surface area contributed by atoms with Crippen molar-refractivity contribution in [2.45, 2.75) is 32.9 Å².